The molecule has 302 valence electrons. The number of allylic oxidation sites excluding steroid dienone is 4. The van der Waals surface area contributed by atoms with Crippen molar-refractivity contribution in [3.8, 4) is 22.3 Å². The van der Waals surface area contributed by atoms with Gasteiger partial charge in [-0.15, -0.1) is 0 Å². The zero-order valence-corrected chi connectivity index (χ0v) is 35.0. The Morgan fingerprint density at radius 2 is 1.00 bits per heavy atom. The van der Waals surface area contributed by atoms with Crippen molar-refractivity contribution in [3.63, 3.8) is 0 Å². The van der Waals surface area contributed by atoms with Crippen molar-refractivity contribution in [2.24, 2.45) is 0 Å². The van der Waals surface area contributed by atoms with Gasteiger partial charge in [-0.2, -0.15) is 0 Å². The summed E-state index contributed by atoms with van der Waals surface area (Å²) < 4.78 is 13.9. The maximum absolute atomic E-state index is 7.41. The van der Waals surface area contributed by atoms with Crippen molar-refractivity contribution in [2.75, 3.05) is 4.90 Å². The molecule has 13 rings (SSSR count). The highest BCUT2D eigenvalue weighted by atomic mass is 16.3. The Balaban J connectivity index is 1.01. The minimum absolute atomic E-state index is 0.436. The summed E-state index contributed by atoms with van der Waals surface area (Å²) >= 11 is 0. The quantitative estimate of drug-likeness (QED) is 0.160. The third-order valence-corrected chi connectivity index (χ3v) is 13.7. The van der Waals surface area contributed by atoms with Crippen LogP contribution in [0, 0.1) is 0 Å². The molecule has 64 heavy (non-hydrogen) atoms. The van der Waals surface area contributed by atoms with Gasteiger partial charge in [0.25, 0.3) is 0 Å². The second kappa shape index (κ2) is 14.5. The maximum atomic E-state index is 7.41. The zero-order chi connectivity index (χ0) is 42.2. The van der Waals surface area contributed by atoms with Gasteiger partial charge in [0.15, 0.2) is 5.58 Å². The molecule has 2 aromatic heterocycles. The first-order valence-corrected chi connectivity index (χ1v) is 22.2. The van der Waals surface area contributed by atoms with Gasteiger partial charge in [-0.25, -0.2) is 0 Å². The van der Waals surface area contributed by atoms with Crippen molar-refractivity contribution in [2.45, 2.75) is 18.3 Å². The van der Waals surface area contributed by atoms with Crippen molar-refractivity contribution >= 4 is 66.5 Å². The van der Waals surface area contributed by atoms with E-state index in [-0.39, 0.29) is 0 Å². The molecule has 0 saturated heterocycles. The number of anilines is 3. The van der Waals surface area contributed by atoms with E-state index >= 15 is 0 Å². The topological polar surface area (TPSA) is 29.5 Å². The summed E-state index contributed by atoms with van der Waals surface area (Å²) in [5.74, 6) is 0. The van der Waals surface area contributed by atoms with E-state index in [1.807, 2.05) is 12.1 Å². The number of nitrogens with zero attached hydrogens (tertiary/aromatic N) is 1. The molecule has 9 aromatic carbocycles. The van der Waals surface area contributed by atoms with Crippen molar-refractivity contribution in [1.29, 1.82) is 0 Å². The largest absolute Gasteiger partial charge is 0.455 e. The fraction of sp³-hybridized carbons (Fsp3) is 0.0492. The Morgan fingerprint density at radius 1 is 0.422 bits per heavy atom. The number of furan rings is 2. The molecule has 0 N–H and O–H groups in total. The van der Waals surface area contributed by atoms with E-state index in [4.69, 9.17) is 8.83 Å². The number of hydrogen-bond acceptors (Lipinski definition) is 3. The summed E-state index contributed by atoms with van der Waals surface area (Å²) in [6.07, 6.45) is 6.67. The van der Waals surface area contributed by atoms with E-state index in [0.717, 1.165) is 84.9 Å². The molecule has 0 saturated carbocycles. The summed E-state index contributed by atoms with van der Waals surface area (Å²) in [6, 6.07) is 76.4. The molecule has 0 unspecified atom stereocenters. The van der Waals surface area contributed by atoms with E-state index in [2.05, 4.69) is 217 Å². The molecule has 11 aromatic rings. The maximum Gasteiger partial charge on any atom is 0.159 e. The van der Waals surface area contributed by atoms with E-state index in [1.54, 1.807) is 0 Å². The smallest absolute Gasteiger partial charge is 0.159 e. The van der Waals surface area contributed by atoms with E-state index in [1.165, 1.54) is 44.5 Å². The van der Waals surface area contributed by atoms with Gasteiger partial charge in [-0.05, 0) is 93.8 Å². The van der Waals surface area contributed by atoms with Crippen LogP contribution in [0.1, 0.15) is 35.1 Å². The Hall–Kier alpha value is -8.14. The minimum Gasteiger partial charge on any atom is -0.455 e. The van der Waals surface area contributed by atoms with Crippen molar-refractivity contribution in [1.82, 2.24) is 0 Å². The van der Waals surface area contributed by atoms with Crippen LogP contribution >= 0.6 is 0 Å². The van der Waals surface area contributed by atoms with Crippen LogP contribution in [0.2, 0.25) is 0 Å². The van der Waals surface area contributed by atoms with Crippen LogP contribution in [0.5, 0.6) is 0 Å². The van der Waals surface area contributed by atoms with Crippen LogP contribution in [0.15, 0.2) is 239 Å². The Morgan fingerprint density at radius 3 is 1.72 bits per heavy atom. The summed E-state index contributed by atoms with van der Waals surface area (Å²) in [5, 5.41) is 4.46. The number of fused-ring (bicyclic) bond motifs is 9. The lowest BCUT2D eigenvalue weighted by atomic mass is 9.65. The van der Waals surface area contributed by atoms with Gasteiger partial charge in [0.1, 0.15) is 16.7 Å². The van der Waals surface area contributed by atoms with Crippen LogP contribution in [-0.4, -0.2) is 0 Å². The van der Waals surface area contributed by atoms with Crippen LogP contribution in [0.4, 0.5) is 17.1 Å². The normalized spacial score (nSPS) is 14.1. The van der Waals surface area contributed by atoms with Gasteiger partial charge >= 0.3 is 0 Å². The van der Waals surface area contributed by atoms with Crippen molar-refractivity contribution in [3.05, 3.63) is 252 Å². The van der Waals surface area contributed by atoms with Gasteiger partial charge in [-0.3, -0.25) is 0 Å². The Labute approximate surface area is 371 Å². The highest BCUT2D eigenvalue weighted by molar-refractivity contribution is 6.15. The standard InChI is InChI=1S/C61H41NO2/c1-4-16-40(17-5-1)41-30-34-45(35-31-41)62(46-36-32-42(33-37-46)47-24-14-25-49-48-22-11-13-29-56(48)63-58(47)49)55-28-15-26-50-51-38-39-54-57(60(51)64-59(50)55)52-23-10-12-27-53(52)61(54,43-18-6-2-7-19-43)44-20-8-3-9-21-44/h1-11,13-26,28-39H,12,27H2. The van der Waals surface area contributed by atoms with Crippen molar-refractivity contribution < 1.29 is 8.83 Å². The molecule has 2 aliphatic carbocycles. The second-order valence-electron chi connectivity index (χ2n) is 17.0. The fourth-order valence-electron chi connectivity index (χ4n) is 10.9. The first kappa shape index (κ1) is 36.5. The molecule has 3 heteroatoms. The van der Waals surface area contributed by atoms with Gasteiger partial charge in [-0.1, -0.05) is 188 Å². The number of rotatable bonds is 7. The minimum atomic E-state index is -0.436. The summed E-state index contributed by atoms with van der Waals surface area (Å²) in [5.41, 5.74) is 18.5. The third-order valence-electron chi connectivity index (χ3n) is 13.7. The monoisotopic (exact) mass is 819 g/mol. The van der Waals surface area contributed by atoms with Gasteiger partial charge in [0.05, 0.1) is 11.1 Å². The summed E-state index contributed by atoms with van der Waals surface area (Å²) in [7, 11) is 0. The predicted molar refractivity (Wildman–Crippen MR) is 265 cm³/mol. The molecular formula is C61H41NO2. The van der Waals surface area contributed by atoms with Crippen LogP contribution < -0.4 is 4.90 Å². The molecule has 0 atom stereocenters. The van der Waals surface area contributed by atoms with Gasteiger partial charge < -0.3 is 13.7 Å². The number of para-hydroxylation sites is 3. The lowest BCUT2D eigenvalue weighted by Crippen LogP contribution is -2.30. The number of benzene rings is 9. The van der Waals surface area contributed by atoms with E-state index in [9.17, 15) is 0 Å². The summed E-state index contributed by atoms with van der Waals surface area (Å²) in [6.45, 7) is 0. The van der Waals surface area contributed by atoms with Crippen LogP contribution in [-0.2, 0) is 5.41 Å². The van der Waals surface area contributed by atoms with Gasteiger partial charge in [0, 0.05) is 44.0 Å². The average molecular weight is 820 g/mol. The molecule has 3 nitrogen and oxygen atoms in total. The lowest BCUT2D eigenvalue weighted by molar-refractivity contribution is 0.664. The molecule has 0 bridgehead atoms. The zero-order valence-electron chi connectivity index (χ0n) is 35.0. The summed E-state index contributed by atoms with van der Waals surface area (Å²) in [4.78, 5) is 2.34. The fourth-order valence-corrected chi connectivity index (χ4v) is 10.9. The molecule has 0 aliphatic heterocycles. The van der Waals surface area contributed by atoms with E-state index in [0.29, 0.717) is 0 Å². The molecule has 0 spiro atoms. The molecular weight excluding hydrogens is 779 g/mol. The Bertz CT molecular complexity index is 3590. The molecule has 0 amide bonds. The van der Waals surface area contributed by atoms with Gasteiger partial charge in [0.2, 0.25) is 0 Å². The highest BCUT2D eigenvalue weighted by Crippen LogP contribution is 2.59. The number of hydrogen-bond donors (Lipinski definition) is 0. The van der Waals surface area contributed by atoms with Crippen LogP contribution in [0.25, 0.3) is 71.7 Å². The predicted octanol–water partition coefficient (Wildman–Crippen LogP) is 16.7. The first-order chi connectivity index (χ1) is 31.8. The highest BCUT2D eigenvalue weighted by Gasteiger charge is 2.48. The van der Waals surface area contributed by atoms with E-state index < -0.39 is 5.41 Å². The SMILES string of the molecule is C1=CC2=C(CC1)C(c1ccccc1)(c1ccccc1)c1ccc3c(oc4c(N(c5ccc(-c6ccccc6)cc5)c5ccc(-c6cccc7c6oc6ccccc67)cc5)cccc43)c12. The Kier molecular flexibility index (Phi) is 8.26. The molecule has 0 fully saturated rings. The lowest BCUT2D eigenvalue weighted by Gasteiger charge is -2.36. The second-order valence-corrected chi connectivity index (χ2v) is 17.0. The molecule has 2 aliphatic rings. The average Bonchev–Trinajstić information content (AvgIpc) is 4.04. The molecule has 2 heterocycles. The first-order valence-electron chi connectivity index (χ1n) is 22.2. The third kappa shape index (κ3) is 5.41. The molecule has 0 radical (unpaired) electrons. The van der Waals surface area contributed by atoms with Crippen LogP contribution in [0.3, 0.4) is 0 Å².